The van der Waals surface area contributed by atoms with Crippen LogP contribution in [0, 0.1) is 12.7 Å². The summed E-state index contributed by atoms with van der Waals surface area (Å²) in [5, 5.41) is 8.77. The van der Waals surface area contributed by atoms with Gasteiger partial charge in [0, 0.05) is 32.2 Å². The molecule has 0 aliphatic carbocycles. The van der Waals surface area contributed by atoms with E-state index >= 15 is 0 Å². The summed E-state index contributed by atoms with van der Waals surface area (Å²) < 4.78 is 42.8. The highest BCUT2D eigenvalue weighted by Crippen LogP contribution is 2.21. The highest BCUT2D eigenvalue weighted by Gasteiger charge is 2.10. The van der Waals surface area contributed by atoms with Crippen LogP contribution in [0.2, 0.25) is 0 Å². The summed E-state index contributed by atoms with van der Waals surface area (Å²) in [5.74, 6) is -0.0616. The smallest absolute Gasteiger partial charge is 0.387 e. The lowest BCUT2D eigenvalue weighted by Crippen LogP contribution is -2.41. The van der Waals surface area contributed by atoms with Gasteiger partial charge >= 0.3 is 6.61 Å². The Labute approximate surface area is 196 Å². The van der Waals surface area contributed by atoms with Gasteiger partial charge in [0.05, 0.1) is 6.42 Å². The van der Waals surface area contributed by atoms with Crippen LogP contribution < -0.4 is 20.7 Å². The van der Waals surface area contributed by atoms with Gasteiger partial charge < -0.3 is 20.7 Å². The third-order valence-corrected chi connectivity index (χ3v) is 4.10. The Morgan fingerprint density at radius 2 is 1.84 bits per heavy atom. The minimum absolute atomic E-state index is 0. The summed E-state index contributed by atoms with van der Waals surface area (Å²) in [7, 11) is 1.57. The molecule has 6 nitrogen and oxygen atoms in total. The Balaban J connectivity index is 0.00000480. The first-order valence-corrected chi connectivity index (χ1v) is 9.37. The first kappa shape index (κ1) is 26.5. The van der Waals surface area contributed by atoms with E-state index < -0.39 is 6.61 Å². The van der Waals surface area contributed by atoms with E-state index in [1.165, 1.54) is 18.2 Å². The Hall–Kier alpha value is -2.50. The van der Waals surface area contributed by atoms with E-state index in [0.717, 1.165) is 5.56 Å². The van der Waals surface area contributed by atoms with Crippen LogP contribution in [0.25, 0.3) is 0 Å². The monoisotopic (exact) mass is 550 g/mol. The van der Waals surface area contributed by atoms with Gasteiger partial charge in [-0.1, -0.05) is 29.8 Å². The third-order valence-electron chi connectivity index (χ3n) is 4.10. The Bertz CT molecular complexity index is 881. The van der Waals surface area contributed by atoms with Crippen LogP contribution >= 0.6 is 24.0 Å². The van der Waals surface area contributed by atoms with Crippen molar-refractivity contribution in [1.29, 1.82) is 0 Å². The molecule has 2 rings (SSSR count). The number of halogens is 4. The molecule has 3 N–H and O–H groups in total. The second kappa shape index (κ2) is 13.7. The second-order valence-electron chi connectivity index (χ2n) is 6.50. The number of nitrogens with zero attached hydrogens (tertiary/aromatic N) is 1. The minimum Gasteiger partial charge on any atom is -0.434 e. The van der Waals surface area contributed by atoms with Crippen LogP contribution in [-0.2, 0) is 17.8 Å². The molecule has 0 fully saturated rings. The fraction of sp³-hybridized carbons (Fsp3) is 0.333. The van der Waals surface area contributed by atoms with E-state index in [0.29, 0.717) is 30.2 Å². The Morgan fingerprint density at radius 3 is 2.52 bits per heavy atom. The van der Waals surface area contributed by atoms with E-state index in [9.17, 15) is 18.0 Å². The number of hydrogen-bond acceptors (Lipinski definition) is 3. The van der Waals surface area contributed by atoms with Gasteiger partial charge in [0.15, 0.2) is 5.96 Å². The van der Waals surface area contributed by atoms with Crippen molar-refractivity contribution in [3.63, 3.8) is 0 Å². The summed E-state index contributed by atoms with van der Waals surface area (Å²) in [6.45, 7) is -0.0910. The van der Waals surface area contributed by atoms with Crippen LogP contribution in [-0.4, -0.2) is 38.6 Å². The number of aliphatic imine (C=N–C) groups is 1. The number of guanidine groups is 1. The molecule has 0 aliphatic heterocycles. The molecule has 31 heavy (non-hydrogen) atoms. The zero-order valence-corrected chi connectivity index (χ0v) is 19.6. The normalized spacial score (nSPS) is 11.0. The maximum atomic E-state index is 13.1. The van der Waals surface area contributed by atoms with Gasteiger partial charge in [0.25, 0.3) is 0 Å². The van der Waals surface area contributed by atoms with Crippen LogP contribution in [0.1, 0.15) is 16.7 Å². The van der Waals surface area contributed by atoms with Crippen molar-refractivity contribution in [3.8, 4) is 5.75 Å². The van der Waals surface area contributed by atoms with E-state index in [2.05, 4.69) is 25.7 Å². The van der Waals surface area contributed by atoms with Gasteiger partial charge in [0.2, 0.25) is 5.91 Å². The van der Waals surface area contributed by atoms with Gasteiger partial charge in [-0.25, -0.2) is 4.39 Å². The predicted octanol–water partition coefficient (Wildman–Crippen LogP) is 3.38. The van der Waals surface area contributed by atoms with Gasteiger partial charge in [0.1, 0.15) is 11.6 Å². The van der Waals surface area contributed by atoms with Gasteiger partial charge in [-0.2, -0.15) is 8.78 Å². The molecule has 10 heteroatoms. The van der Waals surface area contributed by atoms with E-state index in [4.69, 9.17) is 0 Å². The maximum absolute atomic E-state index is 13.1. The van der Waals surface area contributed by atoms with Gasteiger partial charge in [-0.15, -0.1) is 24.0 Å². The van der Waals surface area contributed by atoms with E-state index in [-0.39, 0.29) is 54.4 Å². The lowest BCUT2D eigenvalue weighted by atomic mass is 10.1. The van der Waals surface area contributed by atoms with Crippen molar-refractivity contribution in [3.05, 3.63) is 65.0 Å². The van der Waals surface area contributed by atoms with Gasteiger partial charge in [-0.3, -0.25) is 9.79 Å². The fourth-order valence-electron chi connectivity index (χ4n) is 2.73. The zero-order chi connectivity index (χ0) is 21.9. The van der Waals surface area contributed by atoms with Crippen molar-refractivity contribution >= 4 is 35.8 Å². The molecule has 0 aromatic heterocycles. The number of carbonyl (C=O) groups excluding carboxylic acids is 1. The molecule has 170 valence electrons. The molecule has 0 unspecified atom stereocenters. The van der Waals surface area contributed by atoms with Crippen molar-refractivity contribution < 1.29 is 22.7 Å². The molecule has 1 amide bonds. The molecule has 0 radical (unpaired) electrons. The molecule has 0 saturated carbocycles. The SMILES string of the molecule is CN=C(NCCNC(=O)Cc1cccc(F)c1)NCc1cc(C)ccc1OC(F)F.I. The highest BCUT2D eigenvalue weighted by molar-refractivity contribution is 14.0. The Kier molecular flexibility index (Phi) is 11.8. The van der Waals surface area contributed by atoms with E-state index in [1.807, 2.05) is 6.92 Å². The summed E-state index contributed by atoms with van der Waals surface area (Å²) in [6.07, 6.45) is 0.0883. The number of carbonyl (C=O) groups is 1. The largest absolute Gasteiger partial charge is 0.434 e. The lowest BCUT2D eigenvalue weighted by Gasteiger charge is -2.15. The van der Waals surface area contributed by atoms with Gasteiger partial charge in [-0.05, 0) is 30.7 Å². The molecule has 2 aromatic carbocycles. The Morgan fingerprint density at radius 1 is 1.10 bits per heavy atom. The summed E-state index contributed by atoms with van der Waals surface area (Å²) in [5.41, 5.74) is 2.08. The van der Waals surface area contributed by atoms with Crippen LogP contribution in [0.3, 0.4) is 0 Å². The van der Waals surface area contributed by atoms with Crippen molar-refractivity contribution in [2.75, 3.05) is 20.1 Å². The first-order valence-electron chi connectivity index (χ1n) is 9.37. The zero-order valence-electron chi connectivity index (χ0n) is 17.3. The van der Waals surface area contributed by atoms with E-state index in [1.54, 1.807) is 31.3 Å². The van der Waals surface area contributed by atoms with Crippen molar-refractivity contribution in [2.24, 2.45) is 4.99 Å². The number of amides is 1. The fourth-order valence-corrected chi connectivity index (χ4v) is 2.73. The minimum atomic E-state index is -2.90. The topological polar surface area (TPSA) is 74.8 Å². The predicted molar refractivity (Wildman–Crippen MR) is 125 cm³/mol. The second-order valence-corrected chi connectivity index (χ2v) is 6.50. The number of rotatable bonds is 9. The molecule has 0 heterocycles. The highest BCUT2D eigenvalue weighted by atomic mass is 127. The average molecular weight is 550 g/mol. The van der Waals surface area contributed by atoms with Crippen LogP contribution in [0.15, 0.2) is 47.5 Å². The first-order chi connectivity index (χ1) is 14.4. The number of alkyl halides is 2. The molecule has 0 bridgehead atoms. The molecule has 0 spiro atoms. The van der Waals surface area contributed by atoms with Crippen LogP contribution in [0.4, 0.5) is 13.2 Å². The summed E-state index contributed by atoms with van der Waals surface area (Å²) >= 11 is 0. The molecular weight excluding hydrogens is 524 g/mol. The average Bonchev–Trinajstić information content (AvgIpc) is 2.69. The number of ether oxygens (including phenoxy) is 1. The summed E-state index contributed by atoms with van der Waals surface area (Å²) in [4.78, 5) is 16.0. The molecule has 0 aliphatic rings. The van der Waals surface area contributed by atoms with Crippen molar-refractivity contribution in [2.45, 2.75) is 26.5 Å². The molecule has 0 saturated heterocycles. The number of aryl methyl sites for hydroxylation is 1. The lowest BCUT2D eigenvalue weighted by molar-refractivity contribution is -0.120. The summed E-state index contributed by atoms with van der Waals surface area (Å²) in [6, 6.07) is 10.8. The molecule has 2 aromatic rings. The number of hydrogen-bond donors (Lipinski definition) is 3. The quantitative estimate of drug-likeness (QED) is 0.194. The maximum Gasteiger partial charge on any atom is 0.387 e. The number of nitrogens with one attached hydrogen (secondary N) is 3. The number of benzene rings is 2. The van der Waals surface area contributed by atoms with Crippen LogP contribution in [0.5, 0.6) is 5.75 Å². The standard InChI is InChI=1S/C21H25F3N4O2.HI/c1-14-6-7-18(30-20(23)24)16(10-14)13-28-21(25-2)27-9-8-26-19(29)12-15-4-3-5-17(22)11-15;/h3-7,10-11,20H,8-9,12-13H2,1-2H3,(H,26,29)(H2,25,27,28);1H. The molecular formula is C21H26F3IN4O2. The molecule has 0 atom stereocenters. The van der Waals surface area contributed by atoms with Crippen molar-refractivity contribution in [1.82, 2.24) is 16.0 Å². The third kappa shape index (κ3) is 9.90.